The van der Waals surface area contributed by atoms with Crippen LogP contribution in [-0.2, 0) is 19.6 Å². The average Bonchev–Trinajstić information content (AvgIpc) is 2.62. The van der Waals surface area contributed by atoms with Crippen molar-refractivity contribution in [2.24, 2.45) is 0 Å². The number of carbonyl (C=O) groups is 1. The Morgan fingerprint density at radius 3 is 2.35 bits per heavy atom. The highest BCUT2D eigenvalue weighted by molar-refractivity contribution is 7.92. The minimum Gasteiger partial charge on any atom is -0.497 e. The van der Waals surface area contributed by atoms with E-state index in [2.05, 4.69) is 0 Å². The molecule has 0 amide bonds. The zero-order valence-electron chi connectivity index (χ0n) is 14.1. The van der Waals surface area contributed by atoms with E-state index < -0.39 is 22.5 Å². The van der Waals surface area contributed by atoms with E-state index in [0.717, 1.165) is 4.31 Å². The summed E-state index contributed by atoms with van der Waals surface area (Å²) in [5.41, 5.74) is 0.0861. The molecule has 0 heterocycles. The lowest BCUT2D eigenvalue weighted by molar-refractivity contribution is -0.141. The largest absolute Gasteiger partial charge is 0.497 e. The molecule has 0 saturated carbocycles. The van der Waals surface area contributed by atoms with Crippen LogP contribution >= 0.6 is 23.2 Å². The van der Waals surface area contributed by atoms with Gasteiger partial charge in [0, 0.05) is 5.02 Å². The average molecular weight is 418 g/mol. The molecule has 9 heteroatoms. The molecule has 26 heavy (non-hydrogen) atoms. The Morgan fingerprint density at radius 2 is 1.77 bits per heavy atom. The van der Waals surface area contributed by atoms with Crippen molar-refractivity contribution in [3.8, 4) is 5.75 Å². The second kappa shape index (κ2) is 8.62. The summed E-state index contributed by atoms with van der Waals surface area (Å²) in [6, 6.07) is 10.1. The zero-order chi connectivity index (χ0) is 19.3. The monoisotopic (exact) mass is 417 g/mol. The maximum absolute atomic E-state index is 13.1. The van der Waals surface area contributed by atoms with Crippen LogP contribution in [0.4, 0.5) is 5.69 Å². The van der Waals surface area contributed by atoms with Crippen molar-refractivity contribution in [1.29, 1.82) is 0 Å². The van der Waals surface area contributed by atoms with E-state index in [1.54, 1.807) is 6.92 Å². The van der Waals surface area contributed by atoms with Crippen molar-refractivity contribution in [3.63, 3.8) is 0 Å². The van der Waals surface area contributed by atoms with Crippen molar-refractivity contribution in [2.75, 3.05) is 24.6 Å². The van der Waals surface area contributed by atoms with Gasteiger partial charge >= 0.3 is 5.97 Å². The highest BCUT2D eigenvalue weighted by Crippen LogP contribution is 2.33. The minimum atomic E-state index is -4.10. The first-order chi connectivity index (χ1) is 12.3. The van der Waals surface area contributed by atoms with E-state index >= 15 is 0 Å². The second-order valence-corrected chi connectivity index (χ2v) is 7.79. The Morgan fingerprint density at radius 1 is 1.12 bits per heavy atom. The molecule has 0 aliphatic heterocycles. The van der Waals surface area contributed by atoms with Gasteiger partial charge in [0.05, 0.1) is 29.3 Å². The lowest BCUT2D eigenvalue weighted by atomic mass is 10.3. The van der Waals surface area contributed by atoms with Crippen LogP contribution in [0.1, 0.15) is 6.92 Å². The molecule has 0 bridgehead atoms. The molecule has 0 unspecified atom stereocenters. The van der Waals surface area contributed by atoms with Crippen molar-refractivity contribution in [2.45, 2.75) is 11.8 Å². The van der Waals surface area contributed by atoms with E-state index in [0.29, 0.717) is 5.75 Å². The lowest BCUT2D eigenvalue weighted by Crippen LogP contribution is -2.36. The van der Waals surface area contributed by atoms with Crippen LogP contribution in [0, 0.1) is 0 Å². The molecule has 2 aromatic carbocycles. The van der Waals surface area contributed by atoms with Gasteiger partial charge in [0.1, 0.15) is 12.3 Å². The quantitative estimate of drug-likeness (QED) is 0.641. The van der Waals surface area contributed by atoms with Crippen LogP contribution < -0.4 is 9.04 Å². The fraction of sp³-hybridized carbons (Fsp3) is 0.235. The molecule has 0 spiro atoms. The Kier molecular flexibility index (Phi) is 6.75. The van der Waals surface area contributed by atoms with Crippen molar-refractivity contribution >= 4 is 44.9 Å². The number of sulfonamides is 1. The molecule has 0 radical (unpaired) electrons. The number of esters is 1. The molecule has 0 atom stereocenters. The minimum absolute atomic E-state index is 0.0290. The fourth-order valence-corrected chi connectivity index (χ4v) is 4.03. The van der Waals surface area contributed by atoms with Gasteiger partial charge in [-0.3, -0.25) is 9.10 Å². The SMILES string of the molecule is CCOC(=O)CN(c1cc(Cl)ccc1Cl)S(=O)(=O)c1ccc(OC)cc1. The Hall–Kier alpha value is -1.96. The number of ether oxygens (including phenoxy) is 2. The molecule has 0 N–H and O–H groups in total. The number of nitrogens with zero attached hydrogens (tertiary/aromatic N) is 1. The first kappa shape index (κ1) is 20.4. The van der Waals surface area contributed by atoms with Crippen LogP contribution in [0.5, 0.6) is 5.75 Å². The number of halogens is 2. The molecule has 0 aliphatic rings. The number of rotatable bonds is 7. The number of methoxy groups -OCH3 is 1. The molecule has 140 valence electrons. The smallest absolute Gasteiger partial charge is 0.326 e. The molecule has 0 saturated heterocycles. The number of hydrogen-bond acceptors (Lipinski definition) is 5. The van der Waals surface area contributed by atoms with E-state index in [1.807, 2.05) is 0 Å². The summed E-state index contributed by atoms with van der Waals surface area (Å²) < 4.78 is 37.0. The Bertz CT molecular complexity index is 885. The third-order valence-electron chi connectivity index (χ3n) is 3.40. The number of carbonyl (C=O) groups excluding carboxylic acids is 1. The van der Waals surface area contributed by atoms with Gasteiger partial charge in [-0.05, 0) is 49.4 Å². The number of hydrogen-bond donors (Lipinski definition) is 0. The predicted octanol–water partition coefficient (Wildman–Crippen LogP) is 3.76. The molecule has 2 rings (SSSR count). The standard InChI is InChI=1S/C17H17Cl2NO5S/c1-3-25-17(21)11-20(16-10-12(18)4-9-15(16)19)26(22,23)14-7-5-13(24-2)6-8-14/h4-10H,3,11H2,1-2H3. The van der Waals surface area contributed by atoms with E-state index in [9.17, 15) is 13.2 Å². The molecular weight excluding hydrogens is 401 g/mol. The van der Waals surface area contributed by atoms with Gasteiger partial charge in [0.25, 0.3) is 10.0 Å². The highest BCUT2D eigenvalue weighted by Gasteiger charge is 2.29. The van der Waals surface area contributed by atoms with Crippen LogP contribution in [0.15, 0.2) is 47.4 Å². The van der Waals surface area contributed by atoms with E-state index in [4.69, 9.17) is 32.7 Å². The number of anilines is 1. The molecule has 2 aromatic rings. The van der Waals surface area contributed by atoms with Gasteiger partial charge < -0.3 is 9.47 Å². The number of benzene rings is 2. The van der Waals surface area contributed by atoms with Crippen molar-refractivity contribution in [3.05, 3.63) is 52.5 Å². The summed E-state index contributed by atoms with van der Waals surface area (Å²) in [6.07, 6.45) is 0. The van der Waals surface area contributed by atoms with Crippen LogP contribution in [0.3, 0.4) is 0 Å². The summed E-state index contributed by atoms with van der Waals surface area (Å²) in [4.78, 5) is 11.9. The van der Waals surface area contributed by atoms with Gasteiger partial charge in [0.15, 0.2) is 0 Å². The lowest BCUT2D eigenvalue weighted by Gasteiger charge is -2.24. The van der Waals surface area contributed by atoms with Crippen LogP contribution in [0.2, 0.25) is 10.0 Å². The van der Waals surface area contributed by atoms with Gasteiger partial charge in [-0.25, -0.2) is 8.42 Å². The normalized spacial score (nSPS) is 11.1. The summed E-state index contributed by atoms with van der Waals surface area (Å²) in [6.45, 7) is 1.22. The highest BCUT2D eigenvalue weighted by atomic mass is 35.5. The van der Waals surface area contributed by atoms with Gasteiger partial charge in [-0.15, -0.1) is 0 Å². The Labute approximate surface area is 162 Å². The summed E-state index contributed by atoms with van der Waals surface area (Å²) >= 11 is 12.1. The third-order valence-corrected chi connectivity index (χ3v) is 5.73. The summed E-state index contributed by atoms with van der Waals surface area (Å²) in [5.74, 6) is -0.206. The predicted molar refractivity (Wildman–Crippen MR) is 101 cm³/mol. The van der Waals surface area contributed by atoms with Crippen LogP contribution in [-0.4, -0.2) is 34.6 Å². The fourth-order valence-electron chi connectivity index (χ4n) is 2.18. The molecule has 0 aromatic heterocycles. The maximum Gasteiger partial charge on any atom is 0.326 e. The summed E-state index contributed by atoms with van der Waals surface area (Å²) in [7, 11) is -2.62. The first-order valence-electron chi connectivity index (χ1n) is 7.57. The Balaban J connectivity index is 2.54. The van der Waals surface area contributed by atoms with Crippen LogP contribution in [0.25, 0.3) is 0 Å². The molecule has 0 aliphatic carbocycles. The van der Waals surface area contributed by atoms with Crippen molar-refractivity contribution in [1.82, 2.24) is 0 Å². The van der Waals surface area contributed by atoms with Gasteiger partial charge in [-0.1, -0.05) is 23.2 Å². The zero-order valence-corrected chi connectivity index (χ0v) is 16.4. The van der Waals surface area contributed by atoms with E-state index in [1.165, 1.54) is 49.6 Å². The van der Waals surface area contributed by atoms with Gasteiger partial charge in [0.2, 0.25) is 0 Å². The first-order valence-corrected chi connectivity index (χ1v) is 9.76. The van der Waals surface area contributed by atoms with Gasteiger partial charge in [-0.2, -0.15) is 0 Å². The third kappa shape index (κ3) is 4.60. The van der Waals surface area contributed by atoms with E-state index in [-0.39, 0.29) is 27.2 Å². The second-order valence-electron chi connectivity index (χ2n) is 5.09. The topological polar surface area (TPSA) is 72.9 Å². The maximum atomic E-state index is 13.1. The van der Waals surface area contributed by atoms with Crippen molar-refractivity contribution < 1.29 is 22.7 Å². The molecule has 0 fully saturated rings. The molecule has 6 nitrogen and oxygen atoms in total. The molecular formula is C17H17Cl2NO5S. The summed E-state index contributed by atoms with van der Waals surface area (Å²) in [5, 5.41) is 0.416.